The third-order valence-corrected chi connectivity index (χ3v) is 6.37. The number of nitrogens with one attached hydrogen (secondary N) is 4. The number of carboxylic acid groups (broad SMARTS) is 1. The molecule has 0 heterocycles. The van der Waals surface area contributed by atoms with Crippen molar-refractivity contribution in [3.63, 3.8) is 0 Å². The summed E-state index contributed by atoms with van der Waals surface area (Å²) in [6, 6.07) is 1.59. The van der Waals surface area contributed by atoms with Gasteiger partial charge in [-0.25, -0.2) is 0 Å². The molecule has 0 aliphatic carbocycles. The molecule has 1 aromatic rings. The number of aliphatic hydroxyl groups excluding tert-OH is 4. The second kappa shape index (κ2) is 19.0. The first-order chi connectivity index (χ1) is 21.2. The molecule has 1 aromatic carbocycles. The van der Waals surface area contributed by atoms with E-state index in [1.54, 1.807) is 18.2 Å². The van der Waals surface area contributed by atoms with Crippen molar-refractivity contribution in [3.05, 3.63) is 35.9 Å². The quantitative estimate of drug-likeness (QED) is 0.0599. The highest BCUT2D eigenvalue weighted by atomic mass is 16.5. The summed E-state index contributed by atoms with van der Waals surface area (Å²) in [5.41, 5.74) is 5.41. The van der Waals surface area contributed by atoms with Gasteiger partial charge in [-0.1, -0.05) is 18.2 Å². The maximum Gasteiger partial charge on any atom is 0.325 e. The molecule has 0 aliphatic heterocycles. The summed E-state index contributed by atoms with van der Waals surface area (Å²) in [4.78, 5) is 84.7. The number of aliphatic carboxylic acids is 1. The highest BCUT2D eigenvalue weighted by Crippen LogP contribution is 2.13. The molecular formula is C27H39N5O13. The molecule has 0 aromatic heterocycles. The highest BCUT2D eigenvalue weighted by molar-refractivity contribution is 5.96. The molecule has 1 rings (SSSR count). The number of hydrogen-bond acceptors (Lipinski definition) is 12. The first kappa shape index (κ1) is 38.5. The number of rotatable bonds is 20. The number of benzene rings is 1. The molecule has 4 unspecified atom stereocenters. The van der Waals surface area contributed by atoms with Gasteiger partial charge in [0.15, 0.2) is 0 Å². The SMILES string of the molecule is CC(NC(=O)CCC(NC(=O)C(CO)NC(=O)C(C)O[C@@H]([C@H](O)[C@H](O)CO)[C@H](C=O)NC(=O)c1ccccc1)C(N)=O)C(=O)O. The number of hydrogen-bond donors (Lipinski definition) is 10. The number of carbonyl (C=O) groups excluding carboxylic acids is 6. The Kier molecular flexibility index (Phi) is 16.3. The van der Waals surface area contributed by atoms with Crippen LogP contribution in [0.5, 0.6) is 0 Å². The topological polar surface area (TPSA) is 304 Å². The van der Waals surface area contributed by atoms with Gasteiger partial charge in [-0.3, -0.25) is 28.8 Å². The van der Waals surface area contributed by atoms with Gasteiger partial charge in [-0.15, -0.1) is 0 Å². The predicted octanol–water partition coefficient (Wildman–Crippen LogP) is -4.71. The Morgan fingerprint density at radius 2 is 1.49 bits per heavy atom. The summed E-state index contributed by atoms with van der Waals surface area (Å²) >= 11 is 0. The Bertz CT molecular complexity index is 1180. The first-order valence-electron chi connectivity index (χ1n) is 13.6. The van der Waals surface area contributed by atoms with Gasteiger partial charge in [0.2, 0.25) is 23.6 Å². The fraction of sp³-hybridized carbons (Fsp3) is 0.519. The minimum Gasteiger partial charge on any atom is -0.480 e. The summed E-state index contributed by atoms with van der Waals surface area (Å²) in [7, 11) is 0. The lowest BCUT2D eigenvalue weighted by Crippen LogP contribution is -2.58. The van der Waals surface area contributed by atoms with E-state index in [4.69, 9.17) is 15.6 Å². The van der Waals surface area contributed by atoms with Gasteiger partial charge in [0.1, 0.15) is 54.9 Å². The smallest absolute Gasteiger partial charge is 0.325 e. The molecule has 250 valence electrons. The molecule has 0 spiro atoms. The van der Waals surface area contributed by atoms with Crippen molar-refractivity contribution in [3.8, 4) is 0 Å². The maximum absolute atomic E-state index is 12.9. The van der Waals surface area contributed by atoms with Gasteiger partial charge < -0.3 is 62.1 Å². The molecule has 5 amide bonds. The minimum atomic E-state index is -2.00. The van der Waals surface area contributed by atoms with Crippen molar-refractivity contribution in [2.75, 3.05) is 13.2 Å². The van der Waals surface area contributed by atoms with E-state index in [0.29, 0.717) is 0 Å². The molecule has 0 saturated heterocycles. The lowest BCUT2D eigenvalue weighted by atomic mass is 10.0. The number of carboxylic acids is 1. The van der Waals surface area contributed by atoms with E-state index in [1.165, 1.54) is 19.1 Å². The number of primary amides is 1. The maximum atomic E-state index is 12.9. The summed E-state index contributed by atoms with van der Waals surface area (Å²) in [5, 5.41) is 57.2. The summed E-state index contributed by atoms with van der Waals surface area (Å²) < 4.78 is 5.49. The van der Waals surface area contributed by atoms with Crippen molar-refractivity contribution in [1.82, 2.24) is 21.3 Å². The van der Waals surface area contributed by atoms with Crippen molar-refractivity contribution >= 4 is 41.8 Å². The van der Waals surface area contributed by atoms with E-state index in [2.05, 4.69) is 21.3 Å². The van der Waals surface area contributed by atoms with E-state index in [-0.39, 0.29) is 18.3 Å². The highest BCUT2D eigenvalue weighted by Gasteiger charge is 2.38. The zero-order valence-electron chi connectivity index (χ0n) is 24.5. The van der Waals surface area contributed by atoms with Crippen LogP contribution in [-0.2, 0) is 33.5 Å². The fourth-order valence-corrected chi connectivity index (χ4v) is 3.71. The molecule has 11 N–H and O–H groups in total. The molecule has 18 nitrogen and oxygen atoms in total. The second-order valence-corrected chi connectivity index (χ2v) is 9.86. The largest absolute Gasteiger partial charge is 0.480 e. The zero-order valence-corrected chi connectivity index (χ0v) is 24.5. The van der Waals surface area contributed by atoms with Crippen LogP contribution in [0.2, 0.25) is 0 Å². The monoisotopic (exact) mass is 641 g/mol. The average molecular weight is 642 g/mol. The fourth-order valence-electron chi connectivity index (χ4n) is 3.71. The van der Waals surface area contributed by atoms with Gasteiger partial charge in [0.05, 0.1) is 13.2 Å². The number of nitrogens with two attached hydrogens (primary N) is 1. The Labute approximate surface area is 257 Å². The molecule has 45 heavy (non-hydrogen) atoms. The van der Waals surface area contributed by atoms with Crippen LogP contribution in [0.1, 0.15) is 37.0 Å². The van der Waals surface area contributed by atoms with Crippen LogP contribution in [0.15, 0.2) is 30.3 Å². The van der Waals surface area contributed by atoms with E-state index >= 15 is 0 Å². The summed E-state index contributed by atoms with van der Waals surface area (Å²) in [5.74, 6) is -6.07. The third-order valence-electron chi connectivity index (χ3n) is 6.37. The van der Waals surface area contributed by atoms with Gasteiger partial charge >= 0.3 is 5.97 Å². The van der Waals surface area contributed by atoms with Crippen molar-refractivity contribution < 1.29 is 63.8 Å². The Morgan fingerprint density at radius 3 is 2.00 bits per heavy atom. The number of aldehydes is 1. The number of amides is 5. The van der Waals surface area contributed by atoms with Crippen LogP contribution < -0.4 is 27.0 Å². The van der Waals surface area contributed by atoms with Crippen molar-refractivity contribution in [2.45, 2.75) is 75.3 Å². The lowest BCUT2D eigenvalue weighted by Gasteiger charge is -2.32. The molecule has 0 radical (unpaired) electrons. The molecule has 18 heteroatoms. The third kappa shape index (κ3) is 12.6. The van der Waals surface area contributed by atoms with Crippen LogP contribution in [0.4, 0.5) is 0 Å². The Balaban J connectivity index is 2.97. The van der Waals surface area contributed by atoms with E-state index in [9.17, 15) is 54.0 Å². The molecule has 0 saturated carbocycles. The lowest BCUT2D eigenvalue weighted by molar-refractivity contribution is -0.156. The van der Waals surface area contributed by atoms with Crippen LogP contribution in [0.3, 0.4) is 0 Å². The van der Waals surface area contributed by atoms with Crippen LogP contribution in [-0.4, -0.2) is 129 Å². The standard InChI is InChI=1S/C27H39N5O13/c1-13(27(43)44)29-20(37)9-8-16(23(28)39)30-26(42)18(11-34)32-24(40)14(2)45-22(21(38)19(36)12-35)17(10-33)31-25(41)15-6-4-3-5-7-15/h3-7,10,13-14,16-19,21-22,34-36,38H,8-9,11-12H2,1-2H3,(H2,28,39)(H,29,37)(H,30,42)(H,31,41)(H,32,40)(H,43,44)/t13?,14?,16?,17-,18?,19+,21+,22+/m0/s1. The summed E-state index contributed by atoms with van der Waals surface area (Å²) in [6.07, 6.45) is -7.85. The molecular weight excluding hydrogens is 602 g/mol. The zero-order chi connectivity index (χ0) is 34.3. The number of ether oxygens (including phenoxy) is 1. The van der Waals surface area contributed by atoms with Gasteiger partial charge in [-0.05, 0) is 32.4 Å². The van der Waals surface area contributed by atoms with Crippen molar-refractivity contribution in [1.29, 1.82) is 0 Å². The second-order valence-electron chi connectivity index (χ2n) is 9.86. The minimum absolute atomic E-state index is 0.132. The molecule has 8 atom stereocenters. The van der Waals surface area contributed by atoms with Crippen molar-refractivity contribution in [2.24, 2.45) is 5.73 Å². The van der Waals surface area contributed by atoms with Gasteiger partial charge in [0, 0.05) is 12.0 Å². The Hall–Kier alpha value is -4.49. The van der Waals surface area contributed by atoms with Crippen LogP contribution in [0, 0.1) is 0 Å². The van der Waals surface area contributed by atoms with Crippen LogP contribution in [0.25, 0.3) is 0 Å². The van der Waals surface area contributed by atoms with E-state index in [0.717, 1.165) is 6.92 Å². The van der Waals surface area contributed by atoms with E-state index < -0.39 is 104 Å². The number of aliphatic hydroxyl groups is 4. The van der Waals surface area contributed by atoms with Gasteiger partial charge in [-0.2, -0.15) is 0 Å². The van der Waals surface area contributed by atoms with Crippen LogP contribution >= 0.6 is 0 Å². The normalized spacial score (nSPS) is 16.3. The first-order valence-corrected chi connectivity index (χ1v) is 13.6. The van der Waals surface area contributed by atoms with Gasteiger partial charge in [0.25, 0.3) is 5.91 Å². The predicted molar refractivity (Wildman–Crippen MR) is 152 cm³/mol. The average Bonchev–Trinajstić information content (AvgIpc) is 3.02. The van der Waals surface area contributed by atoms with E-state index in [1.807, 2.05) is 0 Å². The summed E-state index contributed by atoms with van der Waals surface area (Å²) in [6.45, 7) is 0.362. The Morgan fingerprint density at radius 1 is 0.889 bits per heavy atom. The molecule has 0 bridgehead atoms. The molecule has 0 aliphatic rings. The number of carbonyl (C=O) groups is 7. The molecule has 0 fully saturated rings.